The number of nitriles is 1. The lowest BCUT2D eigenvalue weighted by atomic mass is 9.93. The fraction of sp³-hybridized carbons (Fsp3) is 0.462. The molecule has 0 bridgehead atoms. The Morgan fingerprint density at radius 1 is 1.41 bits per heavy atom. The number of methoxy groups -OCH3 is 1. The van der Waals surface area contributed by atoms with Crippen LogP contribution in [0.25, 0.3) is 0 Å². The quantitative estimate of drug-likeness (QED) is 0.808. The molecular formula is C13H18N2O2. The van der Waals surface area contributed by atoms with Gasteiger partial charge in [-0.15, -0.1) is 0 Å². The highest BCUT2D eigenvalue weighted by Crippen LogP contribution is 2.18. The number of hydrogen-bond donors (Lipinski definition) is 1. The van der Waals surface area contributed by atoms with Gasteiger partial charge >= 0.3 is 0 Å². The van der Waals surface area contributed by atoms with E-state index in [9.17, 15) is 5.26 Å². The predicted molar refractivity (Wildman–Crippen MR) is 65.2 cm³/mol. The van der Waals surface area contributed by atoms with Crippen LogP contribution in [-0.4, -0.2) is 26.4 Å². The SMILES string of the molecule is COCC(C)OCC(N)(C#N)c1ccccc1. The molecule has 0 spiro atoms. The fourth-order valence-electron chi connectivity index (χ4n) is 1.47. The zero-order valence-corrected chi connectivity index (χ0v) is 10.2. The largest absolute Gasteiger partial charge is 0.382 e. The number of rotatable bonds is 6. The summed E-state index contributed by atoms with van der Waals surface area (Å²) in [6, 6.07) is 11.4. The number of benzene rings is 1. The van der Waals surface area contributed by atoms with Crippen LogP contribution in [0.5, 0.6) is 0 Å². The summed E-state index contributed by atoms with van der Waals surface area (Å²) in [6.07, 6.45) is -0.0833. The maximum atomic E-state index is 9.20. The minimum Gasteiger partial charge on any atom is -0.382 e. The second-order valence-corrected chi connectivity index (χ2v) is 4.03. The molecule has 17 heavy (non-hydrogen) atoms. The van der Waals surface area contributed by atoms with Gasteiger partial charge in [-0.3, -0.25) is 0 Å². The van der Waals surface area contributed by atoms with Crippen molar-refractivity contribution >= 4 is 0 Å². The highest BCUT2D eigenvalue weighted by molar-refractivity contribution is 5.30. The molecule has 0 saturated carbocycles. The van der Waals surface area contributed by atoms with E-state index in [4.69, 9.17) is 15.2 Å². The summed E-state index contributed by atoms with van der Waals surface area (Å²) in [6.45, 7) is 2.51. The summed E-state index contributed by atoms with van der Waals surface area (Å²) >= 11 is 0. The zero-order valence-electron chi connectivity index (χ0n) is 10.2. The van der Waals surface area contributed by atoms with Gasteiger partial charge < -0.3 is 15.2 Å². The Morgan fingerprint density at radius 2 is 2.06 bits per heavy atom. The van der Waals surface area contributed by atoms with E-state index in [1.165, 1.54) is 0 Å². The van der Waals surface area contributed by atoms with Crippen LogP contribution in [0.4, 0.5) is 0 Å². The van der Waals surface area contributed by atoms with E-state index in [-0.39, 0.29) is 12.7 Å². The van der Waals surface area contributed by atoms with Gasteiger partial charge in [-0.2, -0.15) is 5.26 Å². The molecule has 4 heteroatoms. The van der Waals surface area contributed by atoms with E-state index < -0.39 is 5.54 Å². The van der Waals surface area contributed by atoms with Crippen LogP contribution in [0, 0.1) is 11.3 Å². The summed E-state index contributed by atoms with van der Waals surface area (Å²) < 4.78 is 10.5. The van der Waals surface area contributed by atoms with Gasteiger partial charge in [-0.05, 0) is 12.5 Å². The standard InChI is InChI=1S/C13H18N2O2/c1-11(8-16-2)17-10-13(15,9-14)12-6-4-3-5-7-12/h3-7,11H,8,10,15H2,1-2H3. The minimum absolute atomic E-state index is 0.0833. The molecule has 2 unspecified atom stereocenters. The van der Waals surface area contributed by atoms with Crippen LogP contribution in [0.1, 0.15) is 12.5 Å². The summed E-state index contributed by atoms with van der Waals surface area (Å²) in [4.78, 5) is 0. The minimum atomic E-state index is -1.11. The van der Waals surface area contributed by atoms with Crippen molar-refractivity contribution in [3.8, 4) is 6.07 Å². The van der Waals surface area contributed by atoms with E-state index in [1.807, 2.05) is 37.3 Å². The smallest absolute Gasteiger partial charge is 0.153 e. The molecule has 1 aromatic carbocycles. The van der Waals surface area contributed by atoms with Crippen LogP contribution in [-0.2, 0) is 15.0 Å². The number of nitrogens with two attached hydrogens (primary N) is 1. The third-order valence-corrected chi connectivity index (χ3v) is 2.49. The first-order valence-electron chi connectivity index (χ1n) is 5.48. The number of hydrogen-bond acceptors (Lipinski definition) is 4. The van der Waals surface area contributed by atoms with Crippen molar-refractivity contribution in [2.45, 2.75) is 18.6 Å². The molecule has 1 rings (SSSR count). The Bertz CT molecular complexity index is 375. The Hall–Kier alpha value is -1.41. The van der Waals surface area contributed by atoms with E-state index in [2.05, 4.69) is 6.07 Å². The van der Waals surface area contributed by atoms with Gasteiger partial charge in [0.1, 0.15) is 0 Å². The Morgan fingerprint density at radius 3 is 2.59 bits per heavy atom. The fourth-order valence-corrected chi connectivity index (χ4v) is 1.47. The van der Waals surface area contributed by atoms with Gasteiger partial charge in [0.15, 0.2) is 5.54 Å². The Balaban J connectivity index is 2.68. The molecular weight excluding hydrogens is 216 g/mol. The summed E-state index contributed by atoms with van der Waals surface area (Å²) in [5, 5.41) is 9.20. The van der Waals surface area contributed by atoms with Gasteiger partial charge in [-0.1, -0.05) is 30.3 Å². The average molecular weight is 234 g/mol. The highest BCUT2D eigenvalue weighted by atomic mass is 16.5. The normalized spacial score (nSPS) is 15.9. The van der Waals surface area contributed by atoms with Crippen molar-refractivity contribution in [3.63, 3.8) is 0 Å². The van der Waals surface area contributed by atoms with Crippen molar-refractivity contribution in [2.24, 2.45) is 5.73 Å². The van der Waals surface area contributed by atoms with Crippen molar-refractivity contribution in [3.05, 3.63) is 35.9 Å². The summed E-state index contributed by atoms with van der Waals surface area (Å²) in [7, 11) is 1.61. The molecule has 1 aromatic rings. The Labute approximate surface area is 102 Å². The van der Waals surface area contributed by atoms with Crippen LogP contribution < -0.4 is 5.73 Å². The predicted octanol–water partition coefficient (Wildman–Crippen LogP) is 1.42. The molecule has 2 atom stereocenters. The third-order valence-electron chi connectivity index (χ3n) is 2.49. The number of nitrogens with zero attached hydrogens (tertiary/aromatic N) is 1. The average Bonchev–Trinajstić information content (AvgIpc) is 2.37. The first-order chi connectivity index (χ1) is 8.12. The highest BCUT2D eigenvalue weighted by Gasteiger charge is 2.28. The van der Waals surface area contributed by atoms with E-state index >= 15 is 0 Å². The molecule has 0 aromatic heterocycles. The first-order valence-corrected chi connectivity index (χ1v) is 5.48. The molecule has 0 radical (unpaired) electrons. The lowest BCUT2D eigenvalue weighted by Gasteiger charge is -2.24. The van der Waals surface area contributed by atoms with Gasteiger partial charge in [0.05, 0.1) is 25.4 Å². The topological polar surface area (TPSA) is 68.3 Å². The molecule has 0 fully saturated rings. The molecule has 0 aliphatic heterocycles. The molecule has 0 saturated heterocycles. The van der Waals surface area contributed by atoms with E-state index in [1.54, 1.807) is 7.11 Å². The van der Waals surface area contributed by atoms with Gasteiger partial charge in [0.2, 0.25) is 0 Å². The van der Waals surface area contributed by atoms with Crippen molar-refractivity contribution in [2.75, 3.05) is 20.3 Å². The molecule has 4 nitrogen and oxygen atoms in total. The second-order valence-electron chi connectivity index (χ2n) is 4.03. The maximum Gasteiger partial charge on any atom is 0.153 e. The molecule has 0 amide bonds. The zero-order chi connectivity index (χ0) is 12.7. The number of ether oxygens (including phenoxy) is 2. The summed E-state index contributed by atoms with van der Waals surface area (Å²) in [5.74, 6) is 0. The molecule has 2 N–H and O–H groups in total. The Kier molecular flexibility index (Phi) is 5.11. The van der Waals surface area contributed by atoms with Gasteiger partial charge in [0.25, 0.3) is 0 Å². The van der Waals surface area contributed by atoms with Crippen LogP contribution in [0.15, 0.2) is 30.3 Å². The van der Waals surface area contributed by atoms with Gasteiger partial charge in [0, 0.05) is 7.11 Å². The monoisotopic (exact) mass is 234 g/mol. The summed E-state index contributed by atoms with van der Waals surface area (Å²) in [5.41, 5.74) is 5.68. The van der Waals surface area contributed by atoms with E-state index in [0.29, 0.717) is 6.61 Å². The maximum absolute atomic E-state index is 9.20. The van der Waals surface area contributed by atoms with Gasteiger partial charge in [-0.25, -0.2) is 0 Å². The molecule has 0 aliphatic rings. The lowest BCUT2D eigenvalue weighted by Crippen LogP contribution is -2.41. The van der Waals surface area contributed by atoms with Crippen molar-refractivity contribution in [1.29, 1.82) is 5.26 Å². The molecule has 0 heterocycles. The van der Waals surface area contributed by atoms with Crippen LogP contribution in [0.3, 0.4) is 0 Å². The van der Waals surface area contributed by atoms with E-state index in [0.717, 1.165) is 5.56 Å². The van der Waals surface area contributed by atoms with Crippen LogP contribution >= 0.6 is 0 Å². The lowest BCUT2D eigenvalue weighted by molar-refractivity contribution is -0.00546. The van der Waals surface area contributed by atoms with Crippen LogP contribution in [0.2, 0.25) is 0 Å². The van der Waals surface area contributed by atoms with Crippen molar-refractivity contribution in [1.82, 2.24) is 0 Å². The van der Waals surface area contributed by atoms with Crippen molar-refractivity contribution < 1.29 is 9.47 Å². The second kappa shape index (κ2) is 6.36. The molecule has 0 aliphatic carbocycles. The first kappa shape index (κ1) is 13.7. The third kappa shape index (κ3) is 3.82. The molecule has 92 valence electrons.